The fourth-order valence-corrected chi connectivity index (χ4v) is 3.91. The number of aliphatic hydroxyl groups excluding tert-OH is 1. The minimum atomic E-state index is -0.994. The highest BCUT2D eigenvalue weighted by Gasteiger charge is 2.26. The smallest absolute Gasteiger partial charge is 0.146 e. The highest BCUT2D eigenvalue weighted by atomic mass is 19.1. The Morgan fingerprint density at radius 3 is 2.55 bits per heavy atom. The van der Waals surface area contributed by atoms with Gasteiger partial charge in [0.1, 0.15) is 23.5 Å². The summed E-state index contributed by atoms with van der Waals surface area (Å²) in [6.07, 6.45) is 2.39. The molecule has 0 amide bonds. The number of hydrogen-bond acceptors (Lipinski definition) is 5. The van der Waals surface area contributed by atoms with E-state index in [1.165, 1.54) is 6.07 Å². The third kappa shape index (κ3) is 4.11. The fraction of sp³-hybridized carbons (Fsp3) is 0.318. The van der Waals surface area contributed by atoms with Gasteiger partial charge >= 0.3 is 0 Å². The molecule has 29 heavy (non-hydrogen) atoms. The van der Waals surface area contributed by atoms with Crippen LogP contribution in [0.2, 0.25) is 0 Å². The highest BCUT2D eigenvalue weighted by Crippen LogP contribution is 2.33. The summed E-state index contributed by atoms with van der Waals surface area (Å²) in [4.78, 5) is 8.49. The molecule has 4 rings (SSSR count). The van der Waals surface area contributed by atoms with Gasteiger partial charge in [0.05, 0.1) is 5.69 Å². The molecule has 1 aliphatic rings. The first-order chi connectivity index (χ1) is 14.0. The number of nitrogens with zero attached hydrogens (tertiary/aromatic N) is 4. The molecule has 0 radical (unpaired) electrons. The van der Waals surface area contributed by atoms with E-state index in [4.69, 9.17) is 0 Å². The SMILES string of the molecule is Cn1ccnc1[C@@H](O)c1cccc(F)c1N1CCN(Cc2cccc(O)c2)CC1. The number of anilines is 1. The van der Waals surface area contributed by atoms with Gasteiger partial charge in [-0.3, -0.25) is 4.90 Å². The molecule has 2 aromatic carbocycles. The number of aromatic nitrogens is 2. The van der Waals surface area contributed by atoms with E-state index in [2.05, 4.69) is 9.88 Å². The minimum Gasteiger partial charge on any atom is -0.508 e. The topological polar surface area (TPSA) is 64.8 Å². The summed E-state index contributed by atoms with van der Waals surface area (Å²) >= 11 is 0. The van der Waals surface area contributed by atoms with Crippen molar-refractivity contribution in [3.05, 3.63) is 77.6 Å². The van der Waals surface area contributed by atoms with Crippen LogP contribution in [0.1, 0.15) is 23.1 Å². The number of phenolic OH excluding ortho intramolecular Hbond substituents is 1. The molecule has 6 nitrogen and oxygen atoms in total. The molecule has 0 unspecified atom stereocenters. The lowest BCUT2D eigenvalue weighted by atomic mass is 10.0. The number of para-hydroxylation sites is 1. The normalized spacial score (nSPS) is 16.2. The standard InChI is InChI=1S/C22H25FN4O2/c1-25-9-8-24-22(25)21(29)18-6-3-7-19(23)20(18)27-12-10-26(11-13-27)15-16-4-2-5-17(28)14-16/h2-9,14,21,28-29H,10-13,15H2,1H3/t21-/m0/s1. The number of piperazine rings is 1. The second-order valence-electron chi connectivity index (χ2n) is 7.41. The maximum atomic E-state index is 14.8. The van der Waals surface area contributed by atoms with Crippen molar-refractivity contribution in [3.63, 3.8) is 0 Å². The second kappa shape index (κ2) is 8.23. The number of aliphatic hydroxyl groups is 1. The number of rotatable bonds is 5. The average Bonchev–Trinajstić information content (AvgIpc) is 3.14. The van der Waals surface area contributed by atoms with Crippen molar-refractivity contribution in [1.82, 2.24) is 14.5 Å². The Hall–Kier alpha value is -2.90. The van der Waals surface area contributed by atoms with E-state index in [1.807, 2.05) is 24.1 Å². The molecule has 152 valence electrons. The van der Waals surface area contributed by atoms with Gasteiger partial charge in [-0.1, -0.05) is 24.3 Å². The maximum Gasteiger partial charge on any atom is 0.146 e. The fourth-order valence-electron chi connectivity index (χ4n) is 3.91. The van der Waals surface area contributed by atoms with Crippen LogP contribution in [0.4, 0.5) is 10.1 Å². The van der Waals surface area contributed by atoms with Crippen molar-refractivity contribution >= 4 is 5.69 Å². The molecule has 1 saturated heterocycles. The Morgan fingerprint density at radius 2 is 1.86 bits per heavy atom. The Kier molecular flexibility index (Phi) is 5.51. The van der Waals surface area contributed by atoms with Crippen molar-refractivity contribution < 1.29 is 14.6 Å². The molecule has 3 aromatic rings. The van der Waals surface area contributed by atoms with Gasteiger partial charge in [-0.25, -0.2) is 9.37 Å². The monoisotopic (exact) mass is 396 g/mol. The highest BCUT2D eigenvalue weighted by molar-refractivity contribution is 5.57. The first-order valence-corrected chi connectivity index (χ1v) is 9.72. The van der Waals surface area contributed by atoms with Gasteiger partial charge < -0.3 is 19.7 Å². The van der Waals surface area contributed by atoms with E-state index in [0.717, 1.165) is 25.2 Å². The van der Waals surface area contributed by atoms with Gasteiger partial charge in [-0.15, -0.1) is 0 Å². The van der Waals surface area contributed by atoms with Crippen molar-refractivity contribution in [2.45, 2.75) is 12.6 Å². The lowest BCUT2D eigenvalue weighted by molar-refractivity contribution is 0.205. The summed E-state index contributed by atoms with van der Waals surface area (Å²) in [6, 6.07) is 12.1. The summed E-state index contributed by atoms with van der Waals surface area (Å²) in [5, 5.41) is 20.5. The lowest BCUT2D eigenvalue weighted by Gasteiger charge is -2.37. The second-order valence-corrected chi connectivity index (χ2v) is 7.41. The van der Waals surface area contributed by atoms with Crippen LogP contribution in [0.15, 0.2) is 54.9 Å². The quantitative estimate of drug-likeness (QED) is 0.694. The third-order valence-electron chi connectivity index (χ3n) is 5.42. The van der Waals surface area contributed by atoms with Crippen LogP contribution in [0.25, 0.3) is 0 Å². The third-order valence-corrected chi connectivity index (χ3v) is 5.42. The predicted octanol–water partition coefficient (Wildman–Crippen LogP) is 2.67. The maximum absolute atomic E-state index is 14.8. The molecule has 0 aliphatic carbocycles. The Balaban J connectivity index is 1.50. The van der Waals surface area contributed by atoms with E-state index < -0.39 is 6.10 Å². The predicted molar refractivity (Wildman–Crippen MR) is 109 cm³/mol. The molecule has 2 heterocycles. The van der Waals surface area contributed by atoms with Crippen LogP contribution < -0.4 is 4.90 Å². The van der Waals surface area contributed by atoms with Gasteiger partial charge in [0.2, 0.25) is 0 Å². The number of imidazole rings is 1. The van der Waals surface area contributed by atoms with Crippen molar-refractivity contribution in [1.29, 1.82) is 0 Å². The molecule has 1 aliphatic heterocycles. The molecule has 1 aromatic heterocycles. The van der Waals surface area contributed by atoms with Crippen LogP contribution in [0.3, 0.4) is 0 Å². The lowest BCUT2D eigenvalue weighted by Crippen LogP contribution is -2.46. The largest absolute Gasteiger partial charge is 0.508 e. The molecule has 7 heteroatoms. The van der Waals surface area contributed by atoms with Gasteiger partial charge in [0, 0.05) is 57.7 Å². The number of halogens is 1. The molecular weight excluding hydrogens is 371 g/mol. The average molecular weight is 396 g/mol. The summed E-state index contributed by atoms with van der Waals surface area (Å²) in [5.74, 6) is 0.414. The van der Waals surface area contributed by atoms with E-state index in [1.54, 1.807) is 41.2 Å². The summed E-state index contributed by atoms with van der Waals surface area (Å²) in [6.45, 7) is 3.58. The van der Waals surface area contributed by atoms with Gasteiger partial charge in [-0.2, -0.15) is 0 Å². The molecule has 2 N–H and O–H groups in total. The van der Waals surface area contributed by atoms with Gasteiger partial charge in [-0.05, 0) is 23.8 Å². The number of aromatic hydroxyl groups is 1. The molecule has 1 atom stereocenters. The van der Waals surface area contributed by atoms with Crippen LogP contribution in [-0.4, -0.2) is 50.8 Å². The van der Waals surface area contributed by atoms with Crippen molar-refractivity contribution in [3.8, 4) is 5.75 Å². The van der Waals surface area contributed by atoms with E-state index in [0.29, 0.717) is 30.2 Å². The van der Waals surface area contributed by atoms with Gasteiger partial charge in [0.15, 0.2) is 0 Å². The van der Waals surface area contributed by atoms with Crippen LogP contribution in [-0.2, 0) is 13.6 Å². The van der Waals surface area contributed by atoms with Crippen molar-refractivity contribution in [2.75, 3.05) is 31.1 Å². The first-order valence-electron chi connectivity index (χ1n) is 9.72. The molecule has 1 fully saturated rings. The van der Waals surface area contributed by atoms with Crippen LogP contribution in [0.5, 0.6) is 5.75 Å². The summed E-state index contributed by atoms with van der Waals surface area (Å²) in [5.41, 5.74) is 2.02. The molecular formula is C22H25FN4O2. The Morgan fingerprint density at radius 1 is 1.10 bits per heavy atom. The number of hydrogen-bond donors (Lipinski definition) is 2. The first kappa shape index (κ1) is 19.4. The van der Waals surface area contributed by atoms with E-state index in [9.17, 15) is 14.6 Å². The molecule has 0 saturated carbocycles. The Labute approximate surface area is 169 Å². The minimum absolute atomic E-state index is 0.264. The summed E-state index contributed by atoms with van der Waals surface area (Å²) < 4.78 is 16.5. The summed E-state index contributed by atoms with van der Waals surface area (Å²) in [7, 11) is 1.81. The zero-order valence-corrected chi connectivity index (χ0v) is 16.4. The zero-order chi connectivity index (χ0) is 20.4. The molecule has 0 spiro atoms. The van der Waals surface area contributed by atoms with E-state index >= 15 is 0 Å². The van der Waals surface area contributed by atoms with E-state index in [-0.39, 0.29) is 11.6 Å². The van der Waals surface area contributed by atoms with Crippen LogP contribution in [0, 0.1) is 5.82 Å². The number of phenols is 1. The number of benzene rings is 2. The zero-order valence-electron chi connectivity index (χ0n) is 16.4. The van der Waals surface area contributed by atoms with Crippen LogP contribution >= 0.6 is 0 Å². The van der Waals surface area contributed by atoms with Crippen molar-refractivity contribution in [2.24, 2.45) is 7.05 Å². The number of aryl methyl sites for hydroxylation is 1. The van der Waals surface area contributed by atoms with Gasteiger partial charge in [0.25, 0.3) is 0 Å². The molecule has 0 bridgehead atoms. The Bertz CT molecular complexity index is 982.